The van der Waals surface area contributed by atoms with Crippen molar-refractivity contribution in [1.82, 2.24) is 4.98 Å². The van der Waals surface area contributed by atoms with E-state index in [0.29, 0.717) is 11.1 Å². The molecule has 7 heteroatoms. The predicted octanol–water partition coefficient (Wildman–Crippen LogP) is 3.30. The molecule has 1 aromatic heterocycles. The smallest absolute Gasteiger partial charge is 0.312 e. The summed E-state index contributed by atoms with van der Waals surface area (Å²) in [5.41, 5.74) is 0.912. The Hall–Kier alpha value is -2.15. The van der Waals surface area contributed by atoms with Crippen LogP contribution in [0.1, 0.15) is 11.6 Å². The largest absolute Gasteiger partial charge is 0.491 e. The van der Waals surface area contributed by atoms with Crippen molar-refractivity contribution in [1.29, 1.82) is 0 Å². The lowest BCUT2D eigenvalue weighted by Crippen LogP contribution is -2.14. The summed E-state index contributed by atoms with van der Waals surface area (Å²) < 4.78 is 6.11. The molecule has 3 rings (SSSR count). The Morgan fingerprint density at radius 2 is 2.25 bits per heavy atom. The van der Waals surface area contributed by atoms with Crippen LogP contribution in [0.15, 0.2) is 41.0 Å². The molecule has 6 nitrogen and oxygen atoms in total. The lowest BCUT2D eigenvalue weighted by Gasteiger charge is -2.12. The van der Waals surface area contributed by atoms with Crippen molar-refractivity contribution in [3.8, 4) is 5.75 Å². The molecule has 102 valence electrons. The molecular weight excluding hydrogens is 326 g/mol. The molecule has 0 fully saturated rings. The molecule has 0 radical (unpaired) electrons. The molecule has 1 aliphatic heterocycles. The van der Waals surface area contributed by atoms with Crippen molar-refractivity contribution in [2.45, 2.75) is 6.04 Å². The SMILES string of the molecule is O=[N+]([O-])c1cc(Br)cnc1NC1COc2ccccc21. The molecule has 0 aliphatic carbocycles. The highest BCUT2D eigenvalue weighted by Crippen LogP contribution is 2.36. The van der Waals surface area contributed by atoms with Crippen molar-refractivity contribution in [2.24, 2.45) is 0 Å². The van der Waals surface area contributed by atoms with Gasteiger partial charge < -0.3 is 10.1 Å². The first-order chi connectivity index (χ1) is 9.65. The number of para-hydroxylation sites is 1. The number of ether oxygens (including phenoxy) is 1. The first-order valence-corrected chi connectivity index (χ1v) is 6.72. The highest BCUT2D eigenvalue weighted by Gasteiger charge is 2.26. The molecule has 1 N–H and O–H groups in total. The van der Waals surface area contributed by atoms with Gasteiger partial charge in [-0.05, 0) is 22.0 Å². The summed E-state index contributed by atoms with van der Waals surface area (Å²) in [6.45, 7) is 0.425. The van der Waals surface area contributed by atoms with Crippen LogP contribution in [-0.4, -0.2) is 16.5 Å². The van der Waals surface area contributed by atoms with Crippen LogP contribution in [0.25, 0.3) is 0 Å². The second-order valence-electron chi connectivity index (χ2n) is 4.32. The van der Waals surface area contributed by atoms with Crippen molar-refractivity contribution < 1.29 is 9.66 Å². The van der Waals surface area contributed by atoms with Gasteiger partial charge in [-0.25, -0.2) is 4.98 Å². The molecule has 0 saturated carbocycles. The fourth-order valence-corrected chi connectivity index (χ4v) is 2.45. The zero-order valence-electron chi connectivity index (χ0n) is 10.2. The Labute approximate surface area is 123 Å². The normalized spacial score (nSPS) is 16.4. The van der Waals surface area contributed by atoms with Gasteiger partial charge >= 0.3 is 5.69 Å². The number of halogens is 1. The minimum absolute atomic E-state index is 0.0660. The van der Waals surface area contributed by atoms with Gasteiger partial charge in [0.2, 0.25) is 5.82 Å². The quantitative estimate of drug-likeness (QED) is 0.687. The second kappa shape index (κ2) is 5.09. The number of hydrogen-bond donors (Lipinski definition) is 1. The Kier molecular flexibility index (Phi) is 3.27. The van der Waals surface area contributed by atoms with Gasteiger partial charge in [-0.15, -0.1) is 0 Å². The van der Waals surface area contributed by atoms with Crippen LogP contribution < -0.4 is 10.1 Å². The standard InChI is InChI=1S/C13H10BrN3O3/c14-8-5-11(17(18)19)13(15-6-8)16-10-7-20-12-4-2-1-3-9(10)12/h1-6,10H,7H2,(H,15,16). The summed E-state index contributed by atoms with van der Waals surface area (Å²) in [6.07, 6.45) is 1.52. The van der Waals surface area contributed by atoms with Crippen molar-refractivity contribution in [3.05, 3.63) is 56.7 Å². The van der Waals surface area contributed by atoms with Gasteiger partial charge in [-0.1, -0.05) is 18.2 Å². The number of nitrogens with zero attached hydrogens (tertiary/aromatic N) is 2. The molecule has 2 aromatic rings. The maximum absolute atomic E-state index is 11.1. The third-order valence-corrected chi connectivity index (χ3v) is 3.48. The van der Waals surface area contributed by atoms with Crippen molar-refractivity contribution >= 4 is 27.4 Å². The van der Waals surface area contributed by atoms with E-state index in [1.54, 1.807) is 0 Å². The van der Waals surface area contributed by atoms with Crippen LogP contribution in [-0.2, 0) is 0 Å². The number of nitrogens with one attached hydrogen (secondary N) is 1. The number of benzene rings is 1. The van der Waals surface area contributed by atoms with Crippen molar-refractivity contribution in [2.75, 3.05) is 11.9 Å². The number of pyridine rings is 1. The van der Waals surface area contributed by atoms with Gasteiger partial charge in [-0.3, -0.25) is 10.1 Å². The van der Waals surface area contributed by atoms with Gasteiger partial charge in [0.15, 0.2) is 0 Å². The average Bonchev–Trinajstić information content (AvgIpc) is 2.84. The predicted molar refractivity (Wildman–Crippen MR) is 76.9 cm³/mol. The Morgan fingerprint density at radius 1 is 1.45 bits per heavy atom. The highest BCUT2D eigenvalue weighted by molar-refractivity contribution is 9.10. The zero-order chi connectivity index (χ0) is 14.1. The molecule has 0 amide bonds. The zero-order valence-corrected chi connectivity index (χ0v) is 11.8. The van der Waals surface area contributed by atoms with E-state index in [1.807, 2.05) is 24.3 Å². The monoisotopic (exact) mass is 335 g/mol. The minimum atomic E-state index is -0.457. The fourth-order valence-electron chi connectivity index (χ4n) is 2.13. The topological polar surface area (TPSA) is 77.3 Å². The molecular formula is C13H10BrN3O3. The second-order valence-corrected chi connectivity index (χ2v) is 5.24. The molecule has 1 unspecified atom stereocenters. The number of aromatic nitrogens is 1. The molecule has 1 aliphatic rings. The Balaban J connectivity index is 1.92. The van der Waals surface area contributed by atoms with Crippen LogP contribution in [0.5, 0.6) is 5.75 Å². The first kappa shape index (κ1) is 12.9. The first-order valence-electron chi connectivity index (χ1n) is 5.93. The minimum Gasteiger partial charge on any atom is -0.491 e. The number of anilines is 1. The molecule has 1 aromatic carbocycles. The van der Waals surface area contributed by atoms with Gasteiger partial charge in [-0.2, -0.15) is 0 Å². The average molecular weight is 336 g/mol. The molecule has 0 bridgehead atoms. The lowest BCUT2D eigenvalue weighted by molar-refractivity contribution is -0.384. The maximum Gasteiger partial charge on any atom is 0.312 e. The van der Waals surface area contributed by atoms with E-state index in [2.05, 4.69) is 26.2 Å². The van der Waals surface area contributed by atoms with E-state index < -0.39 is 4.92 Å². The van der Waals surface area contributed by atoms with E-state index in [1.165, 1.54) is 12.3 Å². The van der Waals surface area contributed by atoms with Gasteiger partial charge in [0.1, 0.15) is 12.4 Å². The summed E-state index contributed by atoms with van der Waals surface area (Å²) in [6, 6.07) is 8.90. The fraction of sp³-hybridized carbons (Fsp3) is 0.154. The van der Waals surface area contributed by atoms with Crippen LogP contribution in [0.2, 0.25) is 0 Å². The molecule has 2 heterocycles. The van der Waals surface area contributed by atoms with Crippen LogP contribution in [0, 0.1) is 10.1 Å². The summed E-state index contributed by atoms with van der Waals surface area (Å²) in [5.74, 6) is 1.04. The summed E-state index contributed by atoms with van der Waals surface area (Å²) in [4.78, 5) is 14.7. The third-order valence-electron chi connectivity index (χ3n) is 3.04. The third kappa shape index (κ3) is 2.32. The van der Waals surface area contributed by atoms with Crippen molar-refractivity contribution in [3.63, 3.8) is 0 Å². The van der Waals surface area contributed by atoms with Gasteiger partial charge in [0.25, 0.3) is 0 Å². The molecule has 0 saturated heterocycles. The van der Waals surface area contributed by atoms with Crippen LogP contribution in [0.4, 0.5) is 11.5 Å². The molecule has 1 atom stereocenters. The highest BCUT2D eigenvalue weighted by atomic mass is 79.9. The Bertz CT molecular complexity index is 678. The molecule has 20 heavy (non-hydrogen) atoms. The Morgan fingerprint density at radius 3 is 3.05 bits per heavy atom. The van der Waals surface area contributed by atoms with Gasteiger partial charge in [0, 0.05) is 22.3 Å². The number of fused-ring (bicyclic) bond motifs is 1. The van der Waals surface area contributed by atoms with E-state index in [-0.39, 0.29) is 17.5 Å². The summed E-state index contributed by atoms with van der Waals surface area (Å²) in [5, 5.41) is 14.1. The number of rotatable bonds is 3. The number of nitro groups is 1. The maximum atomic E-state index is 11.1. The van der Waals surface area contributed by atoms with E-state index in [9.17, 15) is 10.1 Å². The van der Waals surface area contributed by atoms with E-state index >= 15 is 0 Å². The molecule has 0 spiro atoms. The van der Waals surface area contributed by atoms with E-state index in [4.69, 9.17) is 4.74 Å². The van der Waals surface area contributed by atoms with E-state index in [0.717, 1.165) is 11.3 Å². The summed E-state index contributed by atoms with van der Waals surface area (Å²) >= 11 is 3.18. The number of hydrogen-bond acceptors (Lipinski definition) is 5. The lowest BCUT2D eigenvalue weighted by atomic mass is 10.1. The van der Waals surface area contributed by atoms with Crippen LogP contribution in [0.3, 0.4) is 0 Å². The van der Waals surface area contributed by atoms with Gasteiger partial charge in [0.05, 0.1) is 11.0 Å². The summed E-state index contributed by atoms with van der Waals surface area (Å²) in [7, 11) is 0. The van der Waals surface area contributed by atoms with Crippen LogP contribution >= 0.6 is 15.9 Å².